The summed E-state index contributed by atoms with van der Waals surface area (Å²) in [6, 6.07) is 19.8. The van der Waals surface area contributed by atoms with Gasteiger partial charge in [-0.15, -0.1) is 0 Å². The Hall–Kier alpha value is -1.85. The predicted octanol–water partition coefficient (Wildman–Crippen LogP) is 5.14. The van der Waals surface area contributed by atoms with Crippen molar-refractivity contribution in [1.29, 1.82) is 0 Å². The minimum absolute atomic E-state index is 0.209. The second-order valence-corrected chi connectivity index (χ2v) is 11.9. The van der Waals surface area contributed by atoms with E-state index in [2.05, 4.69) is 52.1 Å². The molecule has 3 aliphatic rings. The Balaban J connectivity index is 1.23. The van der Waals surface area contributed by atoms with E-state index in [9.17, 15) is 8.42 Å². The normalized spacial score (nSPS) is 31.1. The fourth-order valence-corrected chi connectivity index (χ4v) is 6.95. The third-order valence-corrected chi connectivity index (χ3v) is 8.60. The molecule has 1 heterocycles. The van der Waals surface area contributed by atoms with Crippen LogP contribution in [0, 0.1) is 5.92 Å². The number of fused-ring (bicyclic) bond motifs is 2. The zero-order chi connectivity index (χ0) is 21.5. The Kier molecular flexibility index (Phi) is 5.59. The van der Waals surface area contributed by atoms with Gasteiger partial charge in [0, 0.05) is 18.3 Å². The van der Waals surface area contributed by atoms with Gasteiger partial charge in [0.2, 0.25) is 10.0 Å². The fourth-order valence-electron chi connectivity index (χ4n) is 6.40. The molecule has 2 unspecified atom stereocenters. The maximum Gasteiger partial charge on any atom is 0.229 e. The van der Waals surface area contributed by atoms with Crippen LogP contribution >= 0.6 is 0 Å². The van der Waals surface area contributed by atoms with E-state index in [1.165, 1.54) is 75.4 Å². The van der Waals surface area contributed by atoms with Crippen molar-refractivity contribution in [3.8, 4) is 0 Å². The second-order valence-electron chi connectivity index (χ2n) is 10.2. The van der Waals surface area contributed by atoms with Crippen molar-refractivity contribution >= 4 is 15.7 Å². The molecule has 2 aromatic carbocycles. The van der Waals surface area contributed by atoms with Crippen molar-refractivity contribution in [3.05, 3.63) is 65.7 Å². The van der Waals surface area contributed by atoms with Gasteiger partial charge in [-0.2, -0.15) is 0 Å². The van der Waals surface area contributed by atoms with Gasteiger partial charge in [0.1, 0.15) is 0 Å². The lowest BCUT2D eigenvalue weighted by Crippen LogP contribution is -2.53. The first-order valence-electron chi connectivity index (χ1n) is 11.8. The largest absolute Gasteiger partial charge is 0.300 e. The highest BCUT2D eigenvalue weighted by Gasteiger charge is 2.44. The minimum atomic E-state index is -3.25. The van der Waals surface area contributed by atoms with Crippen molar-refractivity contribution < 1.29 is 8.42 Å². The van der Waals surface area contributed by atoms with Crippen LogP contribution in [0.3, 0.4) is 0 Å². The summed E-state index contributed by atoms with van der Waals surface area (Å²) in [5.41, 5.74) is 3.73. The molecule has 1 aliphatic heterocycles. The monoisotopic (exact) mass is 438 g/mol. The Bertz CT molecular complexity index is 1020. The third kappa shape index (κ3) is 4.54. The van der Waals surface area contributed by atoms with Gasteiger partial charge >= 0.3 is 0 Å². The van der Waals surface area contributed by atoms with Crippen molar-refractivity contribution in [1.82, 2.24) is 4.90 Å². The standard InChI is InChI=1S/C26H34N2O2S/c1-31(29,30)27-24-10-5-9-23(17-24)26-12-6-11-25(18-26)28(14-13-26)19-20-15-22(16-20)21-7-3-2-4-8-21/h2-5,7-10,17,20,22,25,27H,6,11-16,18-19H2,1H3. The van der Waals surface area contributed by atoms with E-state index in [0.717, 1.165) is 11.8 Å². The van der Waals surface area contributed by atoms with Gasteiger partial charge in [0.15, 0.2) is 0 Å². The Morgan fingerprint density at radius 1 is 1.06 bits per heavy atom. The van der Waals surface area contributed by atoms with Gasteiger partial charge in [0.25, 0.3) is 0 Å². The van der Waals surface area contributed by atoms with Crippen molar-refractivity contribution in [2.45, 2.75) is 62.3 Å². The topological polar surface area (TPSA) is 49.4 Å². The summed E-state index contributed by atoms with van der Waals surface area (Å²) < 4.78 is 26.0. The quantitative estimate of drug-likeness (QED) is 0.679. The Morgan fingerprint density at radius 2 is 1.87 bits per heavy atom. The predicted molar refractivity (Wildman–Crippen MR) is 127 cm³/mol. The number of likely N-dealkylation sites (tertiary alicyclic amines) is 1. The second kappa shape index (κ2) is 8.25. The number of anilines is 1. The summed E-state index contributed by atoms with van der Waals surface area (Å²) in [5, 5.41) is 0. The fraction of sp³-hybridized carbons (Fsp3) is 0.538. The summed E-state index contributed by atoms with van der Waals surface area (Å²) in [6.07, 6.45) is 10.1. The number of rotatable bonds is 6. The highest BCUT2D eigenvalue weighted by atomic mass is 32.2. The zero-order valence-electron chi connectivity index (χ0n) is 18.5. The van der Waals surface area contributed by atoms with Crippen molar-refractivity contribution in [3.63, 3.8) is 0 Å². The van der Waals surface area contributed by atoms with Gasteiger partial charge in [-0.1, -0.05) is 48.9 Å². The van der Waals surface area contributed by atoms with Crippen LogP contribution in [0.2, 0.25) is 0 Å². The lowest BCUT2D eigenvalue weighted by molar-refractivity contribution is 0.0264. The molecule has 31 heavy (non-hydrogen) atoms. The van der Waals surface area contributed by atoms with Crippen LogP contribution in [0.4, 0.5) is 5.69 Å². The lowest BCUT2D eigenvalue weighted by atomic mass is 9.63. The Labute approximate surface area is 187 Å². The number of sulfonamides is 1. The molecular weight excluding hydrogens is 404 g/mol. The molecule has 5 heteroatoms. The van der Waals surface area contributed by atoms with Gasteiger partial charge in [-0.3, -0.25) is 4.72 Å². The first-order valence-corrected chi connectivity index (χ1v) is 13.7. The van der Waals surface area contributed by atoms with E-state index in [4.69, 9.17) is 0 Å². The van der Waals surface area contributed by atoms with E-state index < -0.39 is 10.0 Å². The number of piperidine rings is 1. The molecule has 2 atom stereocenters. The molecule has 0 aromatic heterocycles. The maximum atomic E-state index is 11.7. The Morgan fingerprint density at radius 3 is 2.65 bits per heavy atom. The van der Waals surface area contributed by atoms with E-state index >= 15 is 0 Å². The molecule has 1 saturated heterocycles. The summed E-state index contributed by atoms with van der Waals surface area (Å²) in [5.74, 6) is 1.59. The molecule has 0 radical (unpaired) electrons. The van der Waals surface area contributed by atoms with Crippen LogP contribution < -0.4 is 4.72 Å². The number of nitrogens with zero attached hydrogens (tertiary/aromatic N) is 1. The van der Waals surface area contributed by atoms with Crippen LogP contribution in [-0.4, -0.2) is 38.7 Å². The minimum Gasteiger partial charge on any atom is -0.300 e. The summed E-state index contributed by atoms with van der Waals surface area (Å²) in [7, 11) is -3.25. The van der Waals surface area contributed by atoms with Gasteiger partial charge < -0.3 is 4.90 Å². The molecule has 5 rings (SSSR count). The number of hydrogen-bond acceptors (Lipinski definition) is 3. The molecule has 2 aromatic rings. The smallest absolute Gasteiger partial charge is 0.229 e. The van der Waals surface area contributed by atoms with Gasteiger partial charge in [0.05, 0.1) is 6.26 Å². The molecular formula is C26H34N2O2S. The molecule has 0 spiro atoms. The molecule has 166 valence electrons. The van der Waals surface area contributed by atoms with Crippen LogP contribution in [-0.2, 0) is 15.4 Å². The first kappa shape index (κ1) is 21.0. The number of nitrogens with one attached hydrogen (secondary N) is 1. The average molecular weight is 439 g/mol. The average Bonchev–Trinajstić information content (AvgIpc) is 2.72. The first-order chi connectivity index (χ1) is 14.9. The third-order valence-electron chi connectivity index (χ3n) is 7.99. The molecule has 1 N–H and O–H groups in total. The number of hydrogen-bond donors (Lipinski definition) is 1. The van der Waals surface area contributed by atoms with Crippen LogP contribution in [0.1, 0.15) is 62.0 Å². The van der Waals surface area contributed by atoms with Crippen LogP contribution in [0.15, 0.2) is 54.6 Å². The highest BCUT2D eigenvalue weighted by Crippen LogP contribution is 2.49. The van der Waals surface area contributed by atoms with Crippen molar-refractivity contribution in [2.24, 2.45) is 5.92 Å². The maximum absolute atomic E-state index is 11.7. The highest BCUT2D eigenvalue weighted by molar-refractivity contribution is 7.92. The van der Waals surface area contributed by atoms with E-state index in [1.807, 2.05) is 12.1 Å². The van der Waals surface area contributed by atoms with E-state index in [0.29, 0.717) is 11.7 Å². The molecule has 2 bridgehead atoms. The molecule has 3 fully saturated rings. The summed E-state index contributed by atoms with van der Waals surface area (Å²) in [4.78, 5) is 2.78. The summed E-state index contributed by atoms with van der Waals surface area (Å²) in [6.45, 7) is 2.42. The molecule has 0 amide bonds. The number of benzene rings is 2. The molecule has 4 nitrogen and oxygen atoms in total. The van der Waals surface area contributed by atoms with Crippen LogP contribution in [0.25, 0.3) is 0 Å². The molecule has 2 saturated carbocycles. The van der Waals surface area contributed by atoms with E-state index in [1.54, 1.807) is 0 Å². The van der Waals surface area contributed by atoms with Gasteiger partial charge in [-0.25, -0.2) is 8.42 Å². The summed E-state index contributed by atoms with van der Waals surface area (Å²) >= 11 is 0. The molecule has 2 aliphatic carbocycles. The zero-order valence-corrected chi connectivity index (χ0v) is 19.3. The van der Waals surface area contributed by atoms with E-state index in [-0.39, 0.29) is 5.41 Å². The van der Waals surface area contributed by atoms with Crippen LogP contribution in [0.5, 0.6) is 0 Å². The SMILES string of the molecule is CS(=O)(=O)Nc1cccc(C23CCCC(C2)N(CC2CC(c4ccccc4)C2)CC3)c1. The van der Waals surface area contributed by atoms with Gasteiger partial charge in [-0.05, 0) is 85.6 Å². The lowest BCUT2D eigenvalue weighted by Gasteiger charge is -2.52. The van der Waals surface area contributed by atoms with Crippen molar-refractivity contribution in [2.75, 3.05) is 24.1 Å².